The zero-order chi connectivity index (χ0) is 19.6. The third-order valence-electron chi connectivity index (χ3n) is 5.83. The molecular formula is C24H24N2O2S. The van der Waals surface area contributed by atoms with Gasteiger partial charge in [-0.1, -0.05) is 30.3 Å². The molecule has 1 aromatic heterocycles. The number of amides is 1. The van der Waals surface area contributed by atoms with Crippen molar-refractivity contribution in [2.45, 2.75) is 44.0 Å². The van der Waals surface area contributed by atoms with Crippen molar-refractivity contribution in [1.29, 1.82) is 0 Å². The van der Waals surface area contributed by atoms with Crippen molar-refractivity contribution >= 4 is 17.2 Å². The highest BCUT2D eigenvalue weighted by Crippen LogP contribution is 2.31. The number of hydrogen-bond donors (Lipinski definition) is 2. The fourth-order valence-electron chi connectivity index (χ4n) is 4.29. The van der Waals surface area contributed by atoms with Gasteiger partial charge in [0, 0.05) is 23.0 Å². The van der Waals surface area contributed by atoms with Crippen LogP contribution in [0.2, 0.25) is 0 Å². The minimum atomic E-state index is 0.0448. The Morgan fingerprint density at radius 2 is 1.86 bits per heavy atom. The number of benzene rings is 2. The Balaban J connectivity index is 1.20. The Morgan fingerprint density at radius 1 is 1.03 bits per heavy atom. The molecule has 2 bridgehead atoms. The highest BCUT2D eigenvalue weighted by atomic mass is 32.1. The quantitative estimate of drug-likeness (QED) is 0.630. The minimum Gasteiger partial charge on any atom is -0.489 e. The van der Waals surface area contributed by atoms with Crippen LogP contribution in [0.4, 0.5) is 0 Å². The fraction of sp³-hybridized carbons (Fsp3) is 0.292. The summed E-state index contributed by atoms with van der Waals surface area (Å²) in [5, 5.41) is 6.79. The Kier molecular flexibility index (Phi) is 5.08. The number of ether oxygens (including phenoxy) is 1. The average Bonchev–Trinajstić information content (AvgIpc) is 3.50. The Labute approximate surface area is 174 Å². The molecule has 148 valence electrons. The van der Waals surface area contributed by atoms with Crippen molar-refractivity contribution in [3.63, 3.8) is 0 Å². The van der Waals surface area contributed by atoms with Crippen LogP contribution in [0.1, 0.15) is 34.5 Å². The zero-order valence-corrected chi connectivity index (χ0v) is 17.0. The lowest BCUT2D eigenvalue weighted by Crippen LogP contribution is -2.42. The molecule has 0 aliphatic carbocycles. The normalized spacial score (nSPS) is 22.6. The molecule has 2 aromatic carbocycles. The highest BCUT2D eigenvalue weighted by molar-refractivity contribution is 7.17. The van der Waals surface area contributed by atoms with E-state index in [1.165, 1.54) is 12.8 Å². The number of thiophene rings is 1. The molecule has 5 rings (SSSR count). The van der Waals surface area contributed by atoms with Gasteiger partial charge < -0.3 is 15.4 Å². The molecule has 0 unspecified atom stereocenters. The first kappa shape index (κ1) is 18.4. The molecule has 2 aliphatic heterocycles. The predicted molar refractivity (Wildman–Crippen MR) is 116 cm³/mol. The lowest BCUT2D eigenvalue weighted by molar-refractivity contribution is 0.0935. The van der Waals surface area contributed by atoms with Crippen LogP contribution < -0.4 is 15.4 Å². The Morgan fingerprint density at radius 3 is 2.59 bits per heavy atom. The van der Waals surface area contributed by atoms with Crippen LogP contribution in [0, 0.1) is 0 Å². The minimum absolute atomic E-state index is 0.0448. The lowest BCUT2D eigenvalue weighted by Gasteiger charge is -2.20. The second-order valence-corrected chi connectivity index (χ2v) is 8.91. The van der Waals surface area contributed by atoms with E-state index in [0.717, 1.165) is 33.1 Å². The van der Waals surface area contributed by atoms with Gasteiger partial charge in [0.1, 0.15) is 12.4 Å². The van der Waals surface area contributed by atoms with Crippen LogP contribution >= 0.6 is 11.3 Å². The highest BCUT2D eigenvalue weighted by Gasteiger charge is 2.39. The van der Waals surface area contributed by atoms with E-state index < -0.39 is 0 Å². The third-order valence-corrected chi connectivity index (χ3v) is 6.97. The molecule has 2 fully saturated rings. The molecule has 2 N–H and O–H groups in total. The molecule has 1 amide bonds. The molecular weight excluding hydrogens is 380 g/mol. The molecule has 2 aliphatic rings. The van der Waals surface area contributed by atoms with Crippen LogP contribution in [0.25, 0.3) is 10.4 Å². The monoisotopic (exact) mass is 404 g/mol. The van der Waals surface area contributed by atoms with Gasteiger partial charge in [-0.15, -0.1) is 11.3 Å². The molecule has 2 saturated heterocycles. The van der Waals surface area contributed by atoms with Crippen molar-refractivity contribution in [3.05, 3.63) is 77.2 Å². The molecule has 3 atom stereocenters. The van der Waals surface area contributed by atoms with E-state index in [0.29, 0.717) is 18.7 Å². The molecule has 4 nitrogen and oxygen atoms in total. The summed E-state index contributed by atoms with van der Waals surface area (Å²) in [7, 11) is 0. The summed E-state index contributed by atoms with van der Waals surface area (Å²) in [6, 6.07) is 23.5. The molecule has 0 saturated carbocycles. The van der Waals surface area contributed by atoms with E-state index in [1.54, 1.807) is 11.3 Å². The SMILES string of the molecule is O=C(N[C@@H]1C[C@H]2CC[C@@H]1N2)c1ccc(-c2ccc(OCc3ccccc3)cc2)s1. The summed E-state index contributed by atoms with van der Waals surface area (Å²) < 4.78 is 5.86. The van der Waals surface area contributed by atoms with E-state index in [9.17, 15) is 4.79 Å². The maximum atomic E-state index is 12.6. The summed E-state index contributed by atoms with van der Waals surface area (Å²) in [5.41, 5.74) is 2.25. The average molecular weight is 405 g/mol. The van der Waals surface area contributed by atoms with Crippen molar-refractivity contribution < 1.29 is 9.53 Å². The van der Waals surface area contributed by atoms with E-state index >= 15 is 0 Å². The van der Waals surface area contributed by atoms with Crippen molar-refractivity contribution in [2.75, 3.05) is 0 Å². The Hall–Kier alpha value is -2.63. The summed E-state index contributed by atoms with van der Waals surface area (Å²) in [6.45, 7) is 0.557. The molecule has 5 heteroatoms. The van der Waals surface area contributed by atoms with Crippen molar-refractivity contribution in [3.8, 4) is 16.2 Å². The first-order valence-electron chi connectivity index (χ1n) is 10.2. The summed E-state index contributed by atoms with van der Waals surface area (Å²) in [4.78, 5) is 14.5. The smallest absolute Gasteiger partial charge is 0.261 e. The first-order valence-corrected chi connectivity index (χ1v) is 11.0. The van der Waals surface area contributed by atoms with Crippen molar-refractivity contribution in [2.24, 2.45) is 0 Å². The number of rotatable bonds is 6. The van der Waals surface area contributed by atoms with Crippen LogP contribution in [0.5, 0.6) is 5.75 Å². The largest absolute Gasteiger partial charge is 0.489 e. The number of fused-ring (bicyclic) bond motifs is 2. The molecule has 29 heavy (non-hydrogen) atoms. The van der Waals surface area contributed by atoms with Crippen LogP contribution in [0.15, 0.2) is 66.7 Å². The van der Waals surface area contributed by atoms with Gasteiger partial charge in [0.15, 0.2) is 0 Å². The maximum absolute atomic E-state index is 12.6. The number of carbonyl (C=O) groups excluding carboxylic acids is 1. The van der Waals surface area contributed by atoms with Gasteiger partial charge in [0.25, 0.3) is 5.91 Å². The zero-order valence-electron chi connectivity index (χ0n) is 16.1. The van der Waals surface area contributed by atoms with Gasteiger partial charge in [-0.25, -0.2) is 0 Å². The molecule has 3 heterocycles. The second-order valence-electron chi connectivity index (χ2n) is 7.83. The van der Waals surface area contributed by atoms with Gasteiger partial charge in [-0.2, -0.15) is 0 Å². The third kappa shape index (κ3) is 4.07. The van der Waals surface area contributed by atoms with Crippen molar-refractivity contribution in [1.82, 2.24) is 10.6 Å². The maximum Gasteiger partial charge on any atom is 0.261 e. The summed E-state index contributed by atoms with van der Waals surface area (Å²) >= 11 is 1.54. The van der Waals surface area contributed by atoms with E-state index in [-0.39, 0.29) is 11.9 Å². The summed E-state index contributed by atoms with van der Waals surface area (Å²) in [5.74, 6) is 0.888. The molecule has 3 aromatic rings. The standard InChI is InChI=1S/C24H24N2O2S/c27-24(26-21-14-18-8-11-20(21)25-18)23-13-12-22(29-23)17-6-9-19(10-7-17)28-15-16-4-2-1-3-5-16/h1-7,9-10,12-13,18,20-21,25H,8,11,14-15H2,(H,26,27)/t18-,20+,21-/m1/s1. The predicted octanol–water partition coefficient (Wildman–Crippen LogP) is 4.62. The van der Waals surface area contributed by atoms with Crippen LogP contribution in [0.3, 0.4) is 0 Å². The lowest BCUT2D eigenvalue weighted by atomic mass is 9.95. The van der Waals surface area contributed by atoms with E-state index in [2.05, 4.69) is 22.8 Å². The first-order chi connectivity index (χ1) is 14.2. The van der Waals surface area contributed by atoms with Gasteiger partial charge >= 0.3 is 0 Å². The molecule has 0 radical (unpaired) electrons. The van der Waals surface area contributed by atoms with Gasteiger partial charge in [0.2, 0.25) is 0 Å². The number of carbonyl (C=O) groups is 1. The van der Waals surface area contributed by atoms with Crippen LogP contribution in [-0.2, 0) is 6.61 Å². The van der Waals surface area contributed by atoms with Gasteiger partial charge in [0.05, 0.1) is 4.88 Å². The Bertz CT molecular complexity index is 984. The topological polar surface area (TPSA) is 50.4 Å². The fourth-order valence-corrected chi connectivity index (χ4v) is 5.21. The second kappa shape index (κ2) is 8.01. The molecule has 0 spiro atoms. The van der Waals surface area contributed by atoms with E-state index in [4.69, 9.17) is 4.74 Å². The number of hydrogen-bond acceptors (Lipinski definition) is 4. The summed E-state index contributed by atoms with van der Waals surface area (Å²) in [6.07, 6.45) is 3.47. The van der Waals surface area contributed by atoms with Gasteiger partial charge in [-0.3, -0.25) is 4.79 Å². The van der Waals surface area contributed by atoms with Crippen LogP contribution in [-0.4, -0.2) is 24.0 Å². The van der Waals surface area contributed by atoms with Gasteiger partial charge in [-0.05, 0) is 66.8 Å². The number of nitrogens with one attached hydrogen (secondary N) is 2. The van der Waals surface area contributed by atoms with E-state index in [1.807, 2.05) is 54.6 Å².